The number of rotatable bonds is 5. The first-order valence-electron chi connectivity index (χ1n) is 9.18. The third kappa shape index (κ3) is 3.70. The van der Waals surface area contributed by atoms with Gasteiger partial charge in [-0.3, -0.25) is 14.5 Å². The van der Waals surface area contributed by atoms with Gasteiger partial charge in [-0.1, -0.05) is 13.8 Å². The average molecular weight is 372 g/mol. The van der Waals surface area contributed by atoms with Crippen LogP contribution < -0.4 is 0 Å². The van der Waals surface area contributed by atoms with Crippen LogP contribution >= 0.6 is 0 Å². The zero-order valence-electron chi connectivity index (χ0n) is 16.1. The van der Waals surface area contributed by atoms with Crippen LogP contribution in [0.5, 0.6) is 0 Å². The van der Waals surface area contributed by atoms with Crippen LogP contribution in [0.3, 0.4) is 0 Å². The van der Waals surface area contributed by atoms with E-state index in [1.165, 1.54) is 0 Å². The molecule has 2 aromatic heterocycles. The van der Waals surface area contributed by atoms with E-state index in [0.717, 1.165) is 10.6 Å². The van der Waals surface area contributed by atoms with Gasteiger partial charge in [0.05, 0.1) is 17.1 Å². The van der Waals surface area contributed by atoms with Crippen molar-refractivity contribution >= 4 is 28.8 Å². The number of nitrogens with zero attached hydrogens (tertiary/aromatic N) is 4. The SMILES string of the molecule is CC(C)c1cc(C(=O)OCC(=O)N2CCCC2=O)c2cnn(C(C)C)c2n1. The molecule has 1 fully saturated rings. The molecule has 0 atom stereocenters. The molecule has 8 nitrogen and oxygen atoms in total. The third-order valence-corrected chi connectivity index (χ3v) is 4.59. The Morgan fingerprint density at radius 2 is 2.00 bits per heavy atom. The molecular formula is C19H24N4O4. The van der Waals surface area contributed by atoms with E-state index < -0.39 is 18.5 Å². The molecule has 1 aliphatic rings. The van der Waals surface area contributed by atoms with Gasteiger partial charge >= 0.3 is 5.97 Å². The first-order valence-corrected chi connectivity index (χ1v) is 9.18. The second kappa shape index (κ2) is 7.46. The predicted octanol–water partition coefficient (Wildman–Crippen LogP) is 2.44. The number of aromatic nitrogens is 3. The molecule has 1 aliphatic heterocycles. The van der Waals surface area contributed by atoms with E-state index in [-0.39, 0.29) is 17.9 Å². The summed E-state index contributed by atoms with van der Waals surface area (Å²) >= 11 is 0. The Kier molecular flexibility index (Phi) is 5.25. The van der Waals surface area contributed by atoms with Gasteiger partial charge in [0.15, 0.2) is 12.3 Å². The Labute approximate surface area is 157 Å². The predicted molar refractivity (Wildman–Crippen MR) is 98.2 cm³/mol. The van der Waals surface area contributed by atoms with Crippen LogP contribution in [-0.4, -0.2) is 50.6 Å². The summed E-state index contributed by atoms with van der Waals surface area (Å²) in [5.74, 6) is -1.21. The molecule has 3 heterocycles. The van der Waals surface area contributed by atoms with E-state index in [0.29, 0.717) is 36.0 Å². The summed E-state index contributed by atoms with van der Waals surface area (Å²) in [6, 6.07) is 1.77. The Balaban J connectivity index is 1.87. The number of carbonyl (C=O) groups excluding carboxylic acids is 3. The third-order valence-electron chi connectivity index (χ3n) is 4.59. The van der Waals surface area contributed by atoms with Crippen LogP contribution in [0, 0.1) is 0 Å². The molecule has 0 aromatic carbocycles. The molecule has 0 spiro atoms. The van der Waals surface area contributed by atoms with Gasteiger partial charge in [-0.25, -0.2) is 14.5 Å². The summed E-state index contributed by atoms with van der Waals surface area (Å²) in [6.45, 7) is 7.88. The summed E-state index contributed by atoms with van der Waals surface area (Å²) in [5.41, 5.74) is 1.69. The summed E-state index contributed by atoms with van der Waals surface area (Å²) in [6.07, 6.45) is 2.60. The van der Waals surface area contributed by atoms with E-state index in [1.54, 1.807) is 16.9 Å². The Bertz CT molecular complexity index is 900. The van der Waals surface area contributed by atoms with Crippen molar-refractivity contribution in [2.75, 3.05) is 13.2 Å². The van der Waals surface area contributed by atoms with Crippen molar-refractivity contribution in [2.24, 2.45) is 0 Å². The molecular weight excluding hydrogens is 348 g/mol. The van der Waals surface area contributed by atoms with Crippen molar-refractivity contribution in [3.8, 4) is 0 Å². The van der Waals surface area contributed by atoms with Crippen molar-refractivity contribution in [1.29, 1.82) is 0 Å². The number of pyridine rings is 1. The number of amides is 2. The second-order valence-corrected chi connectivity index (χ2v) is 7.29. The Hall–Kier alpha value is -2.77. The summed E-state index contributed by atoms with van der Waals surface area (Å²) in [4.78, 5) is 42.2. The van der Waals surface area contributed by atoms with Crippen LogP contribution in [0.1, 0.15) is 68.5 Å². The summed E-state index contributed by atoms with van der Waals surface area (Å²) in [7, 11) is 0. The highest BCUT2D eigenvalue weighted by Gasteiger charge is 2.27. The van der Waals surface area contributed by atoms with E-state index >= 15 is 0 Å². The number of esters is 1. The fraction of sp³-hybridized carbons (Fsp3) is 0.526. The van der Waals surface area contributed by atoms with Gasteiger partial charge in [-0.05, 0) is 32.3 Å². The molecule has 0 bridgehead atoms. The zero-order chi connectivity index (χ0) is 19.7. The smallest absolute Gasteiger partial charge is 0.339 e. The minimum atomic E-state index is -0.618. The van der Waals surface area contributed by atoms with Crippen LogP contribution in [-0.2, 0) is 14.3 Å². The lowest BCUT2D eigenvalue weighted by molar-refractivity contribution is -0.143. The maximum Gasteiger partial charge on any atom is 0.339 e. The molecule has 8 heteroatoms. The molecule has 0 saturated carbocycles. The lowest BCUT2D eigenvalue weighted by Crippen LogP contribution is -2.35. The molecule has 0 N–H and O–H groups in total. The van der Waals surface area contributed by atoms with Crippen molar-refractivity contribution in [1.82, 2.24) is 19.7 Å². The molecule has 2 aromatic rings. The fourth-order valence-electron chi connectivity index (χ4n) is 3.07. The van der Waals surface area contributed by atoms with Gasteiger partial charge < -0.3 is 4.74 Å². The average Bonchev–Trinajstić information content (AvgIpc) is 3.24. The van der Waals surface area contributed by atoms with Gasteiger partial charge in [0.1, 0.15) is 0 Å². The van der Waals surface area contributed by atoms with Gasteiger partial charge in [0, 0.05) is 24.7 Å². The number of carbonyl (C=O) groups is 3. The van der Waals surface area contributed by atoms with Crippen molar-refractivity contribution < 1.29 is 19.1 Å². The topological polar surface area (TPSA) is 94.4 Å². The largest absolute Gasteiger partial charge is 0.452 e. The first kappa shape index (κ1) is 19.0. The number of likely N-dealkylation sites (tertiary alicyclic amines) is 1. The van der Waals surface area contributed by atoms with E-state index in [4.69, 9.17) is 4.74 Å². The van der Waals surface area contributed by atoms with Gasteiger partial charge in [0.25, 0.3) is 5.91 Å². The zero-order valence-corrected chi connectivity index (χ0v) is 16.1. The lowest BCUT2D eigenvalue weighted by Gasteiger charge is -2.14. The highest BCUT2D eigenvalue weighted by Crippen LogP contribution is 2.25. The van der Waals surface area contributed by atoms with Gasteiger partial charge in [-0.2, -0.15) is 5.10 Å². The molecule has 2 amide bonds. The van der Waals surface area contributed by atoms with Crippen molar-refractivity contribution in [2.45, 2.75) is 52.5 Å². The highest BCUT2D eigenvalue weighted by atomic mass is 16.5. The molecule has 3 rings (SSSR count). The Morgan fingerprint density at radius 3 is 2.59 bits per heavy atom. The molecule has 0 radical (unpaired) electrons. The maximum absolute atomic E-state index is 12.7. The van der Waals surface area contributed by atoms with Crippen LogP contribution in [0.25, 0.3) is 11.0 Å². The molecule has 0 aliphatic carbocycles. The van der Waals surface area contributed by atoms with Crippen molar-refractivity contribution in [3.05, 3.63) is 23.5 Å². The normalized spacial score (nSPS) is 14.6. The number of hydrogen-bond donors (Lipinski definition) is 0. The van der Waals surface area contributed by atoms with E-state index in [2.05, 4.69) is 10.1 Å². The standard InChI is InChI=1S/C19H24N4O4/c1-11(2)15-8-13(14-9-20-23(12(3)4)18(14)21-15)19(26)27-10-17(25)22-7-5-6-16(22)24/h8-9,11-12H,5-7,10H2,1-4H3. The van der Waals surface area contributed by atoms with Crippen molar-refractivity contribution in [3.63, 3.8) is 0 Å². The van der Waals surface area contributed by atoms with Crippen LogP contribution in [0.15, 0.2) is 12.3 Å². The number of fused-ring (bicyclic) bond motifs is 1. The number of ether oxygens (including phenoxy) is 1. The first-order chi connectivity index (χ1) is 12.8. The summed E-state index contributed by atoms with van der Waals surface area (Å²) in [5, 5.41) is 4.92. The van der Waals surface area contributed by atoms with Gasteiger partial charge in [0.2, 0.25) is 5.91 Å². The quantitative estimate of drug-likeness (QED) is 0.748. The Morgan fingerprint density at radius 1 is 1.26 bits per heavy atom. The molecule has 1 saturated heterocycles. The lowest BCUT2D eigenvalue weighted by atomic mass is 10.1. The highest BCUT2D eigenvalue weighted by molar-refractivity contribution is 6.04. The van der Waals surface area contributed by atoms with Crippen LogP contribution in [0.2, 0.25) is 0 Å². The fourth-order valence-corrected chi connectivity index (χ4v) is 3.07. The molecule has 0 unspecified atom stereocenters. The minimum absolute atomic E-state index is 0.0871. The summed E-state index contributed by atoms with van der Waals surface area (Å²) < 4.78 is 6.97. The monoisotopic (exact) mass is 372 g/mol. The molecule has 27 heavy (non-hydrogen) atoms. The van der Waals surface area contributed by atoms with E-state index in [9.17, 15) is 14.4 Å². The maximum atomic E-state index is 12.7. The van der Waals surface area contributed by atoms with E-state index in [1.807, 2.05) is 27.7 Å². The number of imide groups is 1. The number of hydrogen-bond acceptors (Lipinski definition) is 6. The van der Waals surface area contributed by atoms with Gasteiger partial charge in [-0.15, -0.1) is 0 Å². The van der Waals surface area contributed by atoms with Crippen LogP contribution in [0.4, 0.5) is 0 Å². The second-order valence-electron chi connectivity index (χ2n) is 7.29. The minimum Gasteiger partial charge on any atom is -0.452 e. The molecule has 144 valence electrons.